The minimum absolute atomic E-state index is 0.0532. The maximum Gasteiger partial charge on any atom is 0.342 e. The van der Waals surface area contributed by atoms with E-state index >= 15 is 0 Å². The molecule has 0 fully saturated rings. The number of hydrogen-bond donors (Lipinski definition) is 0. The molecule has 100 valence electrons. The molecule has 0 aliphatic heterocycles. The normalized spacial score (nSPS) is 10.4. The van der Waals surface area contributed by atoms with Crippen LogP contribution in [0.3, 0.4) is 0 Å². The second kappa shape index (κ2) is 5.47. The van der Waals surface area contributed by atoms with Gasteiger partial charge in [-0.1, -0.05) is 6.92 Å². The van der Waals surface area contributed by atoms with Gasteiger partial charge in [0, 0.05) is 18.0 Å². The van der Waals surface area contributed by atoms with Gasteiger partial charge in [-0.05, 0) is 17.4 Å². The number of rotatable bonds is 5. The van der Waals surface area contributed by atoms with Gasteiger partial charge in [-0.2, -0.15) is 0 Å². The first-order valence-electron chi connectivity index (χ1n) is 5.84. The minimum Gasteiger partial charge on any atom is -0.483 e. The van der Waals surface area contributed by atoms with Crippen molar-refractivity contribution in [3.05, 3.63) is 46.2 Å². The van der Waals surface area contributed by atoms with Gasteiger partial charge in [0.05, 0.1) is 7.05 Å². The molecule has 0 unspecified atom stereocenters. The van der Waals surface area contributed by atoms with Crippen LogP contribution in [0.25, 0.3) is 0 Å². The molecule has 7 nitrogen and oxygen atoms in total. The van der Waals surface area contributed by atoms with Gasteiger partial charge in [0.15, 0.2) is 6.61 Å². The van der Waals surface area contributed by atoms with Gasteiger partial charge in [-0.3, -0.25) is 4.98 Å². The molecule has 0 atom stereocenters. The zero-order valence-corrected chi connectivity index (χ0v) is 10.7. The number of aromatic nitrogens is 3. The molecule has 0 spiro atoms. The maximum absolute atomic E-state index is 10.7. The summed E-state index contributed by atoms with van der Waals surface area (Å²) in [6.45, 7) is 2.19. The van der Waals surface area contributed by atoms with E-state index < -0.39 is 4.92 Å². The van der Waals surface area contributed by atoms with Crippen LogP contribution < -0.4 is 4.74 Å². The average Bonchev–Trinajstić information content (AvgIpc) is 2.78. The van der Waals surface area contributed by atoms with E-state index in [1.54, 1.807) is 19.3 Å². The summed E-state index contributed by atoms with van der Waals surface area (Å²) in [7, 11) is 1.59. The van der Waals surface area contributed by atoms with Crippen molar-refractivity contribution in [1.29, 1.82) is 0 Å². The lowest BCUT2D eigenvalue weighted by molar-refractivity contribution is -0.391. The molecular formula is C12H14N4O3. The Bertz CT molecular complexity index is 594. The topological polar surface area (TPSA) is 83.1 Å². The highest BCUT2D eigenvalue weighted by atomic mass is 16.6. The molecule has 2 heterocycles. The fourth-order valence-electron chi connectivity index (χ4n) is 1.63. The predicted molar refractivity (Wildman–Crippen MR) is 67.8 cm³/mol. The monoisotopic (exact) mass is 262 g/mol. The van der Waals surface area contributed by atoms with Crippen molar-refractivity contribution in [3.63, 3.8) is 0 Å². The molecule has 2 aromatic heterocycles. The Hall–Kier alpha value is -2.44. The lowest BCUT2D eigenvalue weighted by Gasteiger charge is -2.05. The van der Waals surface area contributed by atoms with Crippen molar-refractivity contribution in [2.24, 2.45) is 7.05 Å². The van der Waals surface area contributed by atoms with Gasteiger partial charge < -0.3 is 14.9 Å². The quantitative estimate of drug-likeness (QED) is 0.606. The second-order valence-corrected chi connectivity index (χ2v) is 3.97. The van der Waals surface area contributed by atoms with Crippen LogP contribution in [-0.4, -0.2) is 19.5 Å². The molecule has 0 saturated carbocycles. The molecule has 0 saturated heterocycles. The van der Waals surface area contributed by atoms with Gasteiger partial charge in [0.1, 0.15) is 11.9 Å². The summed E-state index contributed by atoms with van der Waals surface area (Å²) in [6.07, 6.45) is 3.73. The molecule has 0 radical (unpaired) electrons. The Labute approximate surface area is 110 Å². The zero-order valence-electron chi connectivity index (χ0n) is 10.7. The fraction of sp³-hybridized carbons (Fsp3) is 0.333. The van der Waals surface area contributed by atoms with E-state index in [1.165, 1.54) is 10.8 Å². The van der Waals surface area contributed by atoms with Crippen LogP contribution in [0.5, 0.6) is 5.75 Å². The third-order valence-electron chi connectivity index (χ3n) is 2.77. The lowest BCUT2D eigenvalue weighted by Crippen LogP contribution is -2.06. The Morgan fingerprint density at radius 3 is 2.89 bits per heavy atom. The summed E-state index contributed by atoms with van der Waals surface area (Å²) in [5.74, 6) is 1.13. The van der Waals surface area contributed by atoms with Gasteiger partial charge in [-0.15, -0.1) is 0 Å². The van der Waals surface area contributed by atoms with E-state index in [9.17, 15) is 10.1 Å². The summed E-state index contributed by atoms with van der Waals surface area (Å²) in [5, 5.41) is 10.7. The van der Waals surface area contributed by atoms with Crippen molar-refractivity contribution in [3.8, 4) is 5.75 Å². The highest BCUT2D eigenvalue weighted by molar-refractivity contribution is 5.23. The van der Waals surface area contributed by atoms with Crippen molar-refractivity contribution in [2.75, 3.05) is 0 Å². The van der Waals surface area contributed by atoms with Crippen LogP contribution >= 0.6 is 0 Å². The van der Waals surface area contributed by atoms with Gasteiger partial charge in [0.25, 0.3) is 0 Å². The molecule has 0 aromatic carbocycles. The van der Waals surface area contributed by atoms with Crippen molar-refractivity contribution >= 4 is 5.82 Å². The van der Waals surface area contributed by atoms with Crippen molar-refractivity contribution < 1.29 is 9.66 Å². The van der Waals surface area contributed by atoms with E-state index in [2.05, 4.69) is 9.97 Å². The molecule has 0 aliphatic rings. The first kappa shape index (κ1) is 13.0. The average molecular weight is 262 g/mol. The molecule has 2 aromatic rings. The van der Waals surface area contributed by atoms with Crippen LogP contribution in [0.4, 0.5) is 5.82 Å². The van der Waals surface area contributed by atoms with Crippen LogP contribution in [0.15, 0.2) is 24.5 Å². The molecule has 0 bridgehead atoms. The molecule has 2 rings (SSSR count). The highest BCUT2D eigenvalue weighted by Crippen LogP contribution is 2.16. The summed E-state index contributed by atoms with van der Waals surface area (Å²) >= 11 is 0. The predicted octanol–water partition coefficient (Wildman–Crippen LogP) is 1.86. The first-order chi connectivity index (χ1) is 9.11. The molecule has 0 amide bonds. The third kappa shape index (κ3) is 2.87. The smallest absolute Gasteiger partial charge is 0.342 e. The Kier molecular flexibility index (Phi) is 3.74. The van der Waals surface area contributed by atoms with Crippen LogP contribution in [-0.2, 0) is 20.1 Å². The van der Waals surface area contributed by atoms with Crippen molar-refractivity contribution in [2.45, 2.75) is 20.0 Å². The first-order valence-corrected chi connectivity index (χ1v) is 5.84. The Morgan fingerprint density at radius 1 is 1.47 bits per heavy atom. The number of aryl methyl sites for hydroxylation is 1. The number of ether oxygens (including phenoxy) is 1. The van der Waals surface area contributed by atoms with E-state index in [4.69, 9.17) is 4.74 Å². The molecule has 7 heteroatoms. The Morgan fingerprint density at radius 2 is 2.26 bits per heavy atom. The fourth-order valence-corrected chi connectivity index (χ4v) is 1.63. The third-order valence-corrected chi connectivity index (χ3v) is 2.77. The van der Waals surface area contributed by atoms with Gasteiger partial charge in [-0.25, -0.2) is 9.55 Å². The summed E-state index contributed by atoms with van der Waals surface area (Å²) < 4.78 is 6.97. The second-order valence-electron chi connectivity index (χ2n) is 3.97. The molecular weight excluding hydrogens is 248 g/mol. The van der Waals surface area contributed by atoms with E-state index in [1.807, 2.05) is 13.0 Å². The molecule has 0 aliphatic carbocycles. The molecule has 0 N–H and O–H groups in total. The van der Waals surface area contributed by atoms with Crippen LogP contribution in [0.2, 0.25) is 0 Å². The number of pyridine rings is 1. The van der Waals surface area contributed by atoms with Gasteiger partial charge in [0.2, 0.25) is 5.82 Å². The SMILES string of the molecule is CCc1cc(OCc2ncc([N+](=O)[O-])n2C)ccn1. The zero-order chi connectivity index (χ0) is 13.8. The number of nitrogens with zero attached hydrogens (tertiary/aromatic N) is 4. The molecule has 19 heavy (non-hydrogen) atoms. The summed E-state index contributed by atoms with van der Waals surface area (Å²) in [4.78, 5) is 18.4. The van der Waals surface area contributed by atoms with E-state index in [0.717, 1.165) is 12.1 Å². The Balaban J connectivity index is 2.08. The standard InChI is InChI=1S/C12H14N4O3/c1-3-9-6-10(4-5-13-9)19-8-11-14-7-12(15(11)2)16(17)18/h4-7H,3,8H2,1-2H3. The largest absolute Gasteiger partial charge is 0.483 e. The maximum atomic E-state index is 10.7. The van der Waals surface area contributed by atoms with Gasteiger partial charge >= 0.3 is 5.82 Å². The number of imidazole rings is 1. The lowest BCUT2D eigenvalue weighted by atomic mass is 10.3. The highest BCUT2D eigenvalue weighted by Gasteiger charge is 2.16. The summed E-state index contributed by atoms with van der Waals surface area (Å²) in [5.41, 5.74) is 0.934. The van der Waals surface area contributed by atoms with Crippen LogP contribution in [0.1, 0.15) is 18.4 Å². The van der Waals surface area contributed by atoms with Crippen LogP contribution in [0, 0.1) is 10.1 Å². The van der Waals surface area contributed by atoms with E-state index in [-0.39, 0.29) is 12.4 Å². The number of hydrogen-bond acceptors (Lipinski definition) is 5. The minimum atomic E-state index is -0.474. The summed E-state index contributed by atoms with van der Waals surface area (Å²) in [6, 6.07) is 3.59. The van der Waals surface area contributed by atoms with Crippen molar-refractivity contribution in [1.82, 2.24) is 14.5 Å². The van der Waals surface area contributed by atoms with E-state index in [0.29, 0.717) is 11.6 Å². The number of nitro groups is 1.